The van der Waals surface area contributed by atoms with Gasteiger partial charge < -0.3 is 5.73 Å². The van der Waals surface area contributed by atoms with Crippen molar-refractivity contribution in [2.45, 2.75) is 18.4 Å². The third-order valence-electron chi connectivity index (χ3n) is 6.08. The number of carbonyl (C=O) groups excluding carboxylic acids is 1. The van der Waals surface area contributed by atoms with E-state index in [9.17, 15) is 4.79 Å². The zero-order chi connectivity index (χ0) is 21.6. The molecule has 1 atom stereocenters. The molecule has 5 heteroatoms. The van der Waals surface area contributed by atoms with E-state index in [1.54, 1.807) is 11.0 Å². The van der Waals surface area contributed by atoms with Crippen LogP contribution in [0.15, 0.2) is 84.4 Å². The monoisotopic (exact) mass is 427 g/mol. The number of hydrogen-bond donors (Lipinski definition) is 1. The summed E-state index contributed by atoms with van der Waals surface area (Å²) in [6.07, 6.45) is 3.68. The van der Waals surface area contributed by atoms with Gasteiger partial charge in [0.15, 0.2) is 5.54 Å². The van der Waals surface area contributed by atoms with Crippen molar-refractivity contribution >= 4 is 35.2 Å². The second-order valence-electron chi connectivity index (χ2n) is 8.03. The van der Waals surface area contributed by atoms with Crippen molar-refractivity contribution in [3.05, 3.63) is 95.5 Å². The zero-order valence-electron chi connectivity index (χ0n) is 17.0. The summed E-state index contributed by atoms with van der Waals surface area (Å²) < 4.78 is 0. The normalized spacial score (nSPS) is 20.6. The van der Waals surface area contributed by atoms with Crippen molar-refractivity contribution < 1.29 is 4.79 Å². The van der Waals surface area contributed by atoms with E-state index in [1.165, 1.54) is 0 Å². The molecule has 0 spiro atoms. The Morgan fingerprint density at radius 1 is 1.03 bits per heavy atom. The number of hydrogen-bond acceptors (Lipinski definition) is 3. The molecule has 0 radical (unpaired) electrons. The van der Waals surface area contributed by atoms with Crippen LogP contribution in [0.4, 0.5) is 5.69 Å². The molecule has 2 aliphatic rings. The van der Waals surface area contributed by atoms with Gasteiger partial charge in [0.05, 0.1) is 5.69 Å². The van der Waals surface area contributed by atoms with Crippen LogP contribution in [0.3, 0.4) is 0 Å². The van der Waals surface area contributed by atoms with Gasteiger partial charge in [-0.05, 0) is 71.3 Å². The van der Waals surface area contributed by atoms with Crippen LogP contribution in [0.25, 0.3) is 17.2 Å². The number of benzene rings is 3. The molecule has 0 aromatic heterocycles. The van der Waals surface area contributed by atoms with Crippen LogP contribution >= 0.6 is 11.6 Å². The first-order chi connectivity index (χ1) is 15.0. The fraction of sp³-hybridized carbons (Fsp3) is 0.154. The van der Waals surface area contributed by atoms with Crippen LogP contribution in [0, 0.1) is 5.92 Å². The summed E-state index contributed by atoms with van der Waals surface area (Å²) in [6.45, 7) is 3.78. The predicted molar refractivity (Wildman–Crippen MR) is 127 cm³/mol. The minimum atomic E-state index is -0.983. The van der Waals surface area contributed by atoms with E-state index in [4.69, 9.17) is 22.3 Å². The van der Waals surface area contributed by atoms with Gasteiger partial charge in [0.25, 0.3) is 5.91 Å². The fourth-order valence-corrected chi connectivity index (χ4v) is 4.46. The van der Waals surface area contributed by atoms with Gasteiger partial charge in [-0.2, -0.15) is 0 Å². The van der Waals surface area contributed by atoms with Crippen LogP contribution in [0.5, 0.6) is 0 Å². The van der Waals surface area contributed by atoms with Gasteiger partial charge in [0, 0.05) is 5.02 Å². The third kappa shape index (κ3) is 3.24. The lowest BCUT2D eigenvalue weighted by Crippen LogP contribution is -2.44. The summed E-state index contributed by atoms with van der Waals surface area (Å²) >= 11 is 6.05. The van der Waals surface area contributed by atoms with E-state index < -0.39 is 5.54 Å². The number of carbonyl (C=O) groups is 1. The second kappa shape index (κ2) is 7.40. The maximum atomic E-state index is 13.9. The lowest BCUT2D eigenvalue weighted by molar-refractivity contribution is -0.122. The molecule has 1 amide bonds. The quantitative estimate of drug-likeness (QED) is 0.574. The van der Waals surface area contributed by atoms with Gasteiger partial charge in [-0.15, -0.1) is 0 Å². The van der Waals surface area contributed by atoms with Crippen LogP contribution in [0.2, 0.25) is 5.02 Å². The molecule has 2 N–H and O–H groups in total. The highest BCUT2D eigenvalue weighted by atomic mass is 35.5. The number of anilines is 1. The Balaban J connectivity index is 1.58. The van der Waals surface area contributed by atoms with Gasteiger partial charge >= 0.3 is 0 Å². The maximum Gasteiger partial charge on any atom is 0.266 e. The third-order valence-corrected chi connectivity index (χ3v) is 6.34. The summed E-state index contributed by atoms with van der Waals surface area (Å²) in [6, 6.07) is 23.3. The summed E-state index contributed by atoms with van der Waals surface area (Å²) in [5, 5.41) is 0.691. The minimum absolute atomic E-state index is 0.0906. The van der Waals surface area contributed by atoms with E-state index in [0.29, 0.717) is 10.7 Å². The highest BCUT2D eigenvalue weighted by Crippen LogP contribution is 2.52. The lowest BCUT2D eigenvalue weighted by Gasteiger charge is -2.27. The molecule has 154 valence electrons. The standard InChI is InChI=1S/C26H22ClN3O/c1-2-17-6-14-23(15-7-17)30-24(31)26(20-10-11-20,29-25(30)28)21-5-3-4-19(16-21)18-8-12-22(27)13-9-18/h2-9,12-16,20H,1,10-11H2,(H2,28,29). The van der Waals surface area contributed by atoms with Gasteiger partial charge in [-0.3, -0.25) is 4.79 Å². The highest BCUT2D eigenvalue weighted by molar-refractivity contribution is 6.30. The first-order valence-corrected chi connectivity index (χ1v) is 10.7. The Hall–Kier alpha value is -3.37. The van der Waals surface area contributed by atoms with Gasteiger partial charge in [0.2, 0.25) is 5.96 Å². The molecule has 1 aliphatic carbocycles. The van der Waals surface area contributed by atoms with E-state index in [1.807, 2.05) is 66.7 Å². The van der Waals surface area contributed by atoms with E-state index >= 15 is 0 Å². The molecule has 5 rings (SSSR count). The van der Waals surface area contributed by atoms with Crippen molar-refractivity contribution in [3.8, 4) is 11.1 Å². The topological polar surface area (TPSA) is 58.7 Å². The number of amides is 1. The molecule has 1 saturated carbocycles. The Morgan fingerprint density at radius 3 is 2.39 bits per heavy atom. The van der Waals surface area contributed by atoms with Gasteiger partial charge in [-0.25, -0.2) is 9.89 Å². The number of nitrogens with zero attached hydrogens (tertiary/aromatic N) is 2. The molecular formula is C26H22ClN3O. The van der Waals surface area contributed by atoms with Crippen LogP contribution in [-0.2, 0) is 10.3 Å². The molecule has 1 unspecified atom stereocenters. The number of rotatable bonds is 5. The first kappa shape index (κ1) is 19.6. The van der Waals surface area contributed by atoms with E-state index in [-0.39, 0.29) is 17.8 Å². The number of nitrogens with two attached hydrogens (primary N) is 1. The number of halogens is 1. The molecule has 3 aromatic rings. The number of aliphatic imine (C=N–C) groups is 1. The molecule has 0 saturated heterocycles. The zero-order valence-corrected chi connectivity index (χ0v) is 17.7. The summed E-state index contributed by atoms with van der Waals surface area (Å²) in [5.41, 5.74) is 9.98. The van der Waals surface area contributed by atoms with Crippen LogP contribution in [-0.4, -0.2) is 11.9 Å². The van der Waals surface area contributed by atoms with Crippen molar-refractivity contribution in [3.63, 3.8) is 0 Å². The Bertz CT molecular complexity index is 1200. The number of guanidine groups is 1. The molecule has 1 aliphatic heterocycles. The molecule has 31 heavy (non-hydrogen) atoms. The summed E-state index contributed by atoms with van der Waals surface area (Å²) in [4.78, 5) is 20.2. The fourth-order valence-electron chi connectivity index (χ4n) is 4.33. The average Bonchev–Trinajstić information content (AvgIpc) is 3.61. The Labute approximate surface area is 186 Å². The van der Waals surface area contributed by atoms with E-state index in [2.05, 4.69) is 12.6 Å². The molecular weight excluding hydrogens is 406 g/mol. The molecule has 3 aromatic carbocycles. The molecule has 0 bridgehead atoms. The van der Waals surface area contributed by atoms with Crippen molar-refractivity contribution in [2.24, 2.45) is 16.6 Å². The van der Waals surface area contributed by atoms with Crippen molar-refractivity contribution in [2.75, 3.05) is 4.90 Å². The Kier molecular flexibility index (Phi) is 4.67. The Morgan fingerprint density at radius 2 is 1.74 bits per heavy atom. The van der Waals surface area contributed by atoms with Crippen LogP contribution in [0.1, 0.15) is 24.0 Å². The van der Waals surface area contributed by atoms with Gasteiger partial charge in [0.1, 0.15) is 0 Å². The average molecular weight is 428 g/mol. The smallest absolute Gasteiger partial charge is 0.266 e. The predicted octanol–water partition coefficient (Wildman–Crippen LogP) is 5.62. The minimum Gasteiger partial charge on any atom is -0.369 e. The van der Waals surface area contributed by atoms with E-state index in [0.717, 1.165) is 35.1 Å². The largest absolute Gasteiger partial charge is 0.369 e. The second-order valence-corrected chi connectivity index (χ2v) is 8.47. The van der Waals surface area contributed by atoms with Gasteiger partial charge in [-0.1, -0.05) is 66.7 Å². The molecule has 1 fully saturated rings. The van der Waals surface area contributed by atoms with Crippen molar-refractivity contribution in [1.29, 1.82) is 0 Å². The summed E-state index contributed by atoms with van der Waals surface area (Å²) in [7, 11) is 0. The highest BCUT2D eigenvalue weighted by Gasteiger charge is 2.58. The van der Waals surface area contributed by atoms with Crippen molar-refractivity contribution in [1.82, 2.24) is 0 Å². The van der Waals surface area contributed by atoms with Crippen LogP contribution < -0.4 is 10.6 Å². The first-order valence-electron chi connectivity index (χ1n) is 10.3. The summed E-state index contributed by atoms with van der Waals surface area (Å²) in [5.74, 6) is 0.295. The molecule has 1 heterocycles. The SMILES string of the molecule is C=Cc1ccc(N2C(=O)C(c3cccc(-c4ccc(Cl)cc4)c3)(C3CC3)N=C2N)cc1. The molecule has 4 nitrogen and oxygen atoms in total. The maximum absolute atomic E-state index is 13.9. The lowest BCUT2D eigenvalue weighted by atomic mass is 9.83.